The first-order valence-corrected chi connectivity index (χ1v) is 29.4. The average molecular weight is 1040 g/mol. The van der Waals surface area contributed by atoms with Crippen LogP contribution in [0.3, 0.4) is 0 Å². The van der Waals surface area contributed by atoms with Crippen LogP contribution in [0.1, 0.15) is 166 Å². The van der Waals surface area contributed by atoms with Crippen molar-refractivity contribution in [1.82, 2.24) is 0 Å². The molecular formula is C74H79BN3O. The van der Waals surface area contributed by atoms with Crippen molar-refractivity contribution in [2.75, 3.05) is 15.1 Å². The summed E-state index contributed by atoms with van der Waals surface area (Å²) in [7, 11) is 2.54. The molecule has 4 nitrogen and oxygen atoms in total. The lowest BCUT2D eigenvalue weighted by Gasteiger charge is -2.45. The Balaban J connectivity index is 1.15. The number of furan rings is 1. The van der Waals surface area contributed by atoms with E-state index in [9.17, 15) is 0 Å². The molecule has 2 heterocycles. The van der Waals surface area contributed by atoms with Crippen LogP contribution >= 0.6 is 0 Å². The van der Waals surface area contributed by atoms with Crippen molar-refractivity contribution in [3.63, 3.8) is 0 Å². The number of nitrogens with zero attached hydrogens (tertiary/aromatic N) is 2. The highest BCUT2D eigenvalue weighted by Crippen LogP contribution is 2.54. The van der Waals surface area contributed by atoms with E-state index in [2.05, 4.69) is 265 Å². The highest BCUT2D eigenvalue weighted by Gasteiger charge is 2.43. The smallest absolute Gasteiger partial charge is 0.197 e. The molecule has 0 unspecified atom stereocenters. The molecule has 0 saturated heterocycles. The Morgan fingerprint density at radius 1 is 0.456 bits per heavy atom. The standard InChI is InChI=1S/C74H79BN3O/c1-45-21-15-18-24-60(45)78(61-25-19-16-22-46(61)2)49-40-52(50-29-32-65-66(51-23-17-20-26-64(51)79-65)68(50)76-47-27-30-53-55(39-47)71(7,8)35-33-69(53,3)4)67-63(42-49)77(48-28-31-54-56(41-48)72(9,10)36-34-70(54,5)6)62-44-58-57(43-59(62)75-67)73(11,12)37-38-74(58,13)14/h15-32,39-44,76H,33-38H2,1-14H3. The van der Waals surface area contributed by atoms with E-state index >= 15 is 0 Å². The van der Waals surface area contributed by atoms with E-state index in [4.69, 9.17) is 4.42 Å². The zero-order chi connectivity index (χ0) is 55.3. The van der Waals surface area contributed by atoms with Gasteiger partial charge in [0.25, 0.3) is 0 Å². The summed E-state index contributed by atoms with van der Waals surface area (Å²) >= 11 is 0. The Bertz CT molecular complexity index is 3930. The highest BCUT2D eigenvalue weighted by atomic mass is 16.3. The highest BCUT2D eigenvalue weighted by molar-refractivity contribution is 6.73. The van der Waals surface area contributed by atoms with E-state index in [0.717, 1.165) is 92.9 Å². The molecule has 1 aliphatic heterocycles. The van der Waals surface area contributed by atoms with E-state index in [0.29, 0.717) is 0 Å². The number of anilines is 8. The van der Waals surface area contributed by atoms with Crippen molar-refractivity contribution in [2.24, 2.45) is 0 Å². The summed E-state index contributed by atoms with van der Waals surface area (Å²) in [6.07, 6.45) is 6.92. The van der Waals surface area contributed by atoms with Gasteiger partial charge in [-0.1, -0.05) is 161 Å². The zero-order valence-corrected chi connectivity index (χ0v) is 49.5. The lowest BCUT2D eigenvalue weighted by molar-refractivity contribution is 0.332. The summed E-state index contributed by atoms with van der Waals surface area (Å²) < 4.78 is 6.81. The van der Waals surface area contributed by atoms with Crippen LogP contribution in [0.4, 0.5) is 45.5 Å². The molecule has 8 aromatic carbocycles. The van der Waals surface area contributed by atoms with Gasteiger partial charge in [-0.15, -0.1) is 0 Å². The van der Waals surface area contributed by atoms with Gasteiger partial charge in [0, 0.05) is 50.8 Å². The van der Waals surface area contributed by atoms with Crippen molar-refractivity contribution in [2.45, 2.75) is 168 Å². The average Bonchev–Trinajstić information content (AvgIpc) is 3.99. The van der Waals surface area contributed by atoms with E-state index in [-0.39, 0.29) is 32.5 Å². The predicted octanol–water partition coefficient (Wildman–Crippen LogP) is 19.6. The Hall–Kier alpha value is -6.98. The molecule has 79 heavy (non-hydrogen) atoms. The summed E-state index contributed by atoms with van der Waals surface area (Å²) in [5.41, 5.74) is 27.0. The molecule has 1 N–H and O–H groups in total. The maximum atomic E-state index is 6.81. The summed E-state index contributed by atoms with van der Waals surface area (Å²) in [5.74, 6) is 0. The van der Waals surface area contributed by atoms with Gasteiger partial charge in [-0.3, -0.25) is 0 Å². The van der Waals surface area contributed by atoms with E-state index in [1.807, 2.05) is 0 Å². The number of nitrogens with one attached hydrogen (secondary N) is 1. The fourth-order valence-corrected chi connectivity index (χ4v) is 14.5. The minimum absolute atomic E-state index is 0.0121. The molecule has 5 heteroatoms. The number of para-hydroxylation sites is 3. The molecule has 9 aromatic rings. The van der Waals surface area contributed by atoms with Crippen molar-refractivity contribution in [3.8, 4) is 11.1 Å². The van der Waals surface area contributed by atoms with Crippen molar-refractivity contribution >= 4 is 85.6 Å². The van der Waals surface area contributed by atoms with Gasteiger partial charge in [0.2, 0.25) is 0 Å². The van der Waals surface area contributed by atoms with Gasteiger partial charge in [0.05, 0.1) is 11.1 Å². The third-order valence-corrected chi connectivity index (χ3v) is 19.9. The molecule has 399 valence electrons. The van der Waals surface area contributed by atoms with Gasteiger partial charge in [0.15, 0.2) is 7.28 Å². The van der Waals surface area contributed by atoms with Crippen LogP contribution in [0.15, 0.2) is 150 Å². The summed E-state index contributed by atoms with van der Waals surface area (Å²) in [4.78, 5) is 5.18. The third-order valence-electron chi connectivity index (χ3n) is 19.9. The second-order valence-electron chi connectivity index (χ2n) is 28.1. The molecule has 0 spiro atoms. The number of benzene rings is 8. The minimum atomic E-state index is 0.0121. The normalized spacial score (nSPS) is 18.6. The minimum Gasteiger partial charge on any atom is -0.456 e. The Morgan fingerprint density at radius 3 is 1.58 bits per heavy atom. The fourth-order valence-electron chi connectivity index (χ4n) is 14.5. The summed E-state index contributed by atoms with van der Waals surface area (Å²) in [6.45, 7) is 33.9. The monoisotopic (exact) mass is 1040 g/mol. The van der Waals surface area contributed by atoms with Crippen LogP contribution in [-0.2, 0) is 32.5 Å². The summed E-state index contributed by atoms with van der Waals surface area (Å²) in [6, 6.07) is 55.8. The molecule has 0 atom stereocenters. The zero-order valence-electron chi connectivity index (χ0n) is 49.5. The van der Waals surface area contributed by atoms with Crippen LogP contribution in [0.2, 0.25) is 0 Å². The van der Waals surface area contributed by atoms with Gasteiger partial charge in [-0.2, -0.15) is 0 Å². The Kier molecular flexibility index (Phi) is 11.6. The Labute approximate surface area is 471 Å². The first-order valence-electron chi connectivity index (χ1n) is 29.4. The molecular weight excluding hydrogens is 958 g/mol. The second-order valence-corrected chi connectivity index (χ2v) is 28.1. The fraction of sp³-hybridized carbons (Fsp3) is 0.351. The number of aryl methyl sites for hydroxylation is 2. The molecule has 3 aliphatic carbocycles. The van der Waals surface area contributed by atoms with Gasteiger partial charge in [-0.25, -0.2) is 0 Å². The van der Waals surface area contributed by atoms with Gasteiger partial charge < -0.3 is 19.5 Å². The first kappa shape index (κ1) is 51.5. The molecule has 4 aliphatic rings. The van der Waals surface area contributed by atoms with Crippen molar-refractivity contribution in [3.05, 3.63) is 190 Å². The lowest BCUT2D eigenvalue weighted by Crippen LogP contribution is -2.44. The molecule has 0 bridgehead atoms. The third kappa shape index (κ3) is 8.29. The lowest BCUT2D eigenvalue weighted by atomic mass is 9.55. The summed E-state index contributed by atoms with van der Waals surface area (Å²) in [5, 5.41) is 6.40. The molecule has 0 fully saturated rings. The van der Waals surface area contributed by atoms with Crippen LogP contribution in [0, 0.1) is 13.8 Å². The van der Waals surface area contributed by atoms with Gasteiger partial charge in [0.1, 0.15) is 11.2 Å². The van der Waals surface area contributed by atoms with Crippen molar-refractivity contribution < 1.29 is 4.42 Å². The number of hydrogen-bond acceptors (Lipinski definition) is 4. The van der Waals surface area contributed by atoms with Crippen LogP contribution in [-0.4, -0.2) is 7.28 Å². The van der Waals surface area contributed by atoms with Crippen LogP contribution in [0.5, 0.6) is 0 Å². The molecule has 1 aromatic heterocycles. The largest absolute Gasteiger partial charge is 0.456 e. The quantitative estimate of drug-likeness (QED) is 0.161. The van der Waals surface area contributed by atoms with E-state index < -0.39 is 0 Å². The molecule has 1 radical (unpaired) electrons. The molecule has 0 saturated carbocycles. The SMILES string of the molecule is Cc1ccccc1N(c1cc(-c2ccc3oc4ccccc4c3c2Nc2ccc3c(c2)C(C)(C)CCC3(C)C)c2c(c1)N(c1ccc3c(c1)C(C)(C)CCC3(C)C)c1cc3c(cc1[B]2)C(C)(C)CCC3(C)C)c1ccccc1C. The maximum Gasteiger partial charge on any atom is 0.197 e. The van der Waals surface area contributed by atoms with Gasteiger partial charge >= 0.3 is 0 Å². The first-order chi connectivity index (χ1) is 37.4. The predicted molar refractivity (Wildman–Crippen MR) is 339 cm³/mol. The number of rotatable bonds is 7. The van der Waals surface area contributed by atoms with Gasteiger partial charge in [-0.05, 0) is 213 Å². The van der Waals surface area contributed by atoms with Crippen LogP contribution < -0.4 is 26.0 Å². The molecule has 13 rings (SSSR count). The van der Waals surface area contributed by atoms with Crippen LogP contribution in [0.25, 0.3) is 33.1 Å². The molecule has 0 amide bonds. The number of hydrogen-bond donors (Lipinski definition) is 1. The van der Waals surface area contributed by atoms with Crippen molar-refractivity contribution in [1.29, 1.82) is 0 Å². The Morgan fingerprint density at radius 2 is 0.975 bits per heavy atom. The van der Waals surface area contributed by atoms with E-state index in [1.54, 1.807) is 0 Å². The topological polar surface area (TPSA) is 31.7 Å². The second kappa shape index (κ2) is 17.8. The number of fused-ring (bicyclic) bond motifs is 8. The maximum absolute atomic E-state index is 6.81. The van der Waals surface area contributed by atoms with E-state index in [1.165, 1.54) is 79.6 Å².